The second-order valence-corrected chi connectivity index (χ2v) is 6.10. The highest BCUT2D eigenvalue weighted by Gasteiger charge is 2.23. The molecule has 10 heteroatoms. The lowest BCUT2D eigenvalue weighted by molar-refractivity contribution is 0.0822. The van der Waals surface area contributed by atoms with E-state index in [4.69, 9.17) is 4.74 Å². The van der Waals surface area contributed by atoms with Gasteiger partial charge in [0.1, 0.15) is 12.4 Å². The number of hydrogen-bond acceptors (Lipinski definition) is 5. The lowest BCUT2D eigenvalue weighted by atomic mass is 10.1. The maximum absolute atomic E-state index is 12.6. The predicted octanol–water partition coefficient (Wildman–Crippen LogP) is 2.83. The number of ether oxygens (including phenoxy) is 1. The van der Waals surface area contributed by atoms with Gasteiger partial charge >= 0.3 is 0 Å². The zero-order chi connectivity index (χ0) is 18.5. The summed E-state index contributed by atoms with van der Waals surface area (Å²) in [6.07, 6.45) is -0.739. The molecular weight excluding hydrogens is 380 g/mol. The van der Waals surface area contributed by atoms with E-state index in [2.05, 4.69) is 20.9 Å². The largest absolute Gasteiger partial charge is 0.485 e. The number of nitrogens with zero attached hydrogens (tertiary/aromatic N) is 3. The first-order chi connectivity index (χ1) is 12.6. The Bertz CT molecular complexity index is 766. The molecule has 27 heavy (non-hydrogen) atoms. The Kier molecular flexibility index (Phi) is 7.49. The van der Waals surface area contributed by atoms with Crippen LogP contribution in [0.15, 0.2) is 24.3 Å². The SMILES string of the molecule is Cc1c(C(=O)Nc2ccccc2OCC(F)F)nnn1C1CCNCC1.Cl. The fraction of sp³-hybridized carbons (Fsp3) is 0.471. The predicted molar refractivity (Wildman–Crippen MR) is 99.0 cm³/mol. The van der Waals surface area contributed by atoms with Gasteiger partial charge in [-0.3, -0.25) is 4.79 Å². The third-order valence-corrected chi connectivity index (χ3v) is 4.30. The topological polar surface area (TPSA) is 81.1 Å². The van der Waals surface area contributed by atoms with E-state index < -0.39 is 18.9 Å². The van der Waals surface area contributed by atoms with E-state index in [0.29, 0.717) is 11.4 Å². The van der Waals surface area contributed by atoms with Gasteiger partial charge in [-0.1, -0.05) is 17.3 Å². The Morgan fingerprint density at radius 1 is 1.37 bits per heavy atom. The summed E-state index contributed by atoms with van der Waals surface area (Å²) in [5, 5.41) is 14.1. The molecule has 1 aromatic carbocycles. The van der Waals surface area contributed by atoms with Crippen LogP contribution in [-0.4, -0.2) is 47.0 Å². The summed E-state index contributed by atoms with van der Waals surface area (Å²) in [5.41, 5.74) is 1.21. The molecule has 0 aliphatic carbocycles. The number of nitrogens with one attached hydrogen (secondary N) is 2. The van der Waals surface area contributed by atoms with Crippen LogP contribution < -0.4 is 15.4 Å². The third kappa shape index (κ3) is 5.14. The number of hydrogen-bond donors (Lipinski definition) is 2. The number of carbonyl (C=O) groups is 1. The monoisotopic (exact) mass is 401 g/mol. The molecule has 7 nitrogen and oxygen atoms in total. The van der Waals surface area contributed by atoms with Crippen molar-refractivity contribution in [3.8, 4) is 5.75 Å². The van der Waals surface area contributed by atoms with Crippen LogP contribution in [0.25, 0.3) is 0 Å². The molecule has 1 saturated heterocycles. The van der Waals surface area contributed by atoms with E-state index in [-0.39, 0.29) is 29.9 Å². The molecule has 0 atom stereocenters. The van der Waals surface area contributed by atoms with Crippen molar-refractivity contribution in [2.75, 3.05) is 25.0 Å². The number of alkyl halides is 2. The number of anilines is 1. The van der Waals surface area contributed by atoms with Crippen LogP contribution in [0.1, 0.15) is 35.1 Å². The van der Waals surface area contributed by atoms with E-state index >= 15 is 0 Å². The number of piperidine rings is 1. The molecule has 1 amide bonds. The highest BCUT2D eigenvalue weighted by molar-refractivity contribution is 6.04. The summed E-state index contributed by atoms with van der Waals surface area (Å²) < 4.78 is 31.6. The van der Waals surface area contributed by atoms with Crippen LogP contribution in [0.4, 0.5) is 14.5 Å². The molecule has 2 heterocycles. The number of carbonyl (C=O) groups excluding carboxylic acids is 1. The van der Waals surface area contributed by atoms with Crippen molar-refractivity contribution in [1.29, 1.82) is 0 Å². The molecule has 2 N–H and O–H groups in total. The van der Waals surface area contributed by atoms with Crippen molar-refractivity contribution in [2.24, 2.45) is 0 Å². The molecule has 1 aliphatic rings. The van der Waals surface area contributed by atoms with E-state index in [1.165, 1.54) is 6.07 Å². The Hall–Kier alpha value is -2.26. The molecular formula is C17H22ClF2N5O2. The van der Waals surface area contributed by atoms with Gasteiger partial charge in [0.05, 0.1) is 17.4 Å². The number of halogens is 3. The van der Waals surface area contributed by atoms with Gasteiger partial charge in [-0.2, -0.15) is 0 Å². The van der Waals surface area contributed by atoms with Crippen LogP contribution >= 0.6 is 12.4 Å². The van der Waals surface area contributed by atoms with Gasteiger partial charge in [-0.05, 0) is 45.0 Å². The minimum Gasteiger partial charge on any atom is -0.485 e. The van der Waals surface area contributed by atoms with Crippen LogP contribution in [-0.2, 0) is 0 Å². The number of para-hydroxylation sites is 2. The number of benzene rings is 1. The summed E-state index contributed by atoms with van der Waals surface area (Å²) in [6, 6.07) is 6.66. The number of rotatable bonds is 6. The quantitative estimate of drug-likeness (QED) is 0.778. The molecule has 3 rings (SSSR count). The van der Waals surface area contributed by atoms with Gasteiger partial charge in [-0.25, -0.2) is 13.5 Å². The molecule has 1 aliphatic heterocycles. The van der Waals surface area contributed by atoms with Crippen LogP contribution in [0.5, 0.6) is 5.75 Å². The molecule has 1 aromatic heterocycles. The van der Waals surface area contributed by atoms with Gasteiger partial charge in [0.15, 0.2) is 5.69 Å². The van der Waals surface area contributed by atoms with Crippen molar-refractivity contribution in [3.63, 3.8) is 0 Å². The maximum Gasteiger partial charge on any atom is 0.278 e. The second-order valence-electron chi connectivity index (χ2n) is 6.10. The number of amides is 1. The van der Waals surface area contributed by atoms with Gasteiger partial charge in [-0.15, -0.1) is 17.5 Å². The minimum absolute atomic E-state index is 0. The molecule has 1 fully saturated rings. The molecule has 0 radical (unpaired) electrons. The van der Waals surface area contributed by atoms with Crippen molar-refractivity contribution >= 4 is 24.0 Å². The Morgan fingerprint density at radius 2 is 2.07 bits per heavy atom. The molecule has 2 aromatic rings. The molecule has 148 valence electrons. The van der Waals surface area contributed by atoms with Crippen molar-refractivity contribution in [1.82, 2.24) is 20.3 Å². The Balaban J connectivity index is 0.00000261. The van der Waals surface area contributed by atoms with Crippen LogP contribution in [0.3, 0.4) is 0 Å². The standard InChI is InChI=1S/C17H21F2N5O2.ClH/c1-11-16(22-23-24(11)12-6-8-20-9-7-12)17(25)21-13-4-2-3-5-14(13)26-10-15(18)19;/h2-5,12,15,20H,6-10H2,1H3,(H,21,25);1H. The van der Waals surface area contributed by atoms with Crippen LogP contribution in [0, 0.1) is 6.92 Å². The van der Waals surface area contributed by atoms with Gasteiger partial charge in [0, 0.05) is 0 Å². The van der Waals surface area contributed by atoms with E-state index in [1.54, 1.807) is 29.8 Å². The zero-order valence-electron chi connectivity index (χ0n) is 14.8. The first kappa shape index (κ1) is 21.0. The first-order valence-corrected chi connectivity index (χ1v) is 8.50. The van der Waals surface area contributed by atoms with Gasteiger partial charge in [0.25, 0.3) is 12.3 Å². The molecule has 0 saturated carbocycles. The molecule has 0 bridgehead atoms. The normalized spacial score (nSPS) is 14.7. The zero-order valence-corrected chi connectivity index (χ0v) is 15.6. The second kappa shape index (κ2) is 9.61. The van der Waals surface area contributed by atoms with E-state index in [1.807, 2.05) is 0 Å². The van der Waals surface area contributed by atoms with Crippen molar-refractivity contribution in [3.05, 3.63) is 35.7 Å². The van der Waals surface area contributed by atoms with Crippen molar-refractivity contribution in [2.45, 2.75) is 32.2 Å². The highest BCUT2D eigenvalue weighted by Crippen LogP contribution is 2.26. The first-order valence-electron chi connectivity index (χ1n) is 8.50. The third-order valence-electron chi connectivity index (χ3n) is 4.30. The summed E-state index contributed by atoms with van der Waals surface area (Å²) in [7, 11) is 0. The maximum atomic E-state index is 12.6. The average molecular weight is 402 g/mol. The number of aromatic nitrogens is 3. The molecule has 0 spiro atoms. The fourth-order valence-electron chi connectivity index (χ4n) is 2.98. The smallest absolute Gasteiger partial charge is 0.278 e. The average Bonchev–Trinajstić information content (AvgIpc) is 3.03. The fourth-order valence-corrected chi connectivity index (χ4v) is 2.98. The Morgan fingerprint density at radius 3 is 2.78 bits per heavy atom. The summed E-state index contributed by atoms with van der Waals surface area (Å²) in [6.45, 7) is 2.87. The van der Waals surface area contributed by atoms with E-state index in [9.17, 15) is 13.6 Å². The van der Waals surface area contributed by atoms with Gasteiger partial charge in [0.2, 0.25) is 0 Å². The van der Waals surface area contributed by atoms with Crippen LogP contribution in [0.2, 0.25) is 0 Å². The summed E-state index contributed by atoms with van der Waals surface area (Å²) in [5.74, 6) is -0.264. The highest BCUT2D eigenvalue weighted by atomic mass is 35.5. The van der Waals surface area contributed by atoms with E-state index in [0.717, 1.165) is 25.9 Å². The summed E-state index contributed by atoms with van der Waals surface area (Å²) >= 11 is 0. The summed E-state index contributed by atoms with van der Waals surface area (Å²) in [4.78, 5) is 12.6. The Labute approximate surface area is 161 Å². The lowest BCUT2D eigenvalue weighted by Gasteiger charge is -2.23. The molecule has 0 unspecified atom stereocenters. The minimum atomic E-state index is -2.59. The van der Waals surface area contributed by atoms with Crippen molar-refractivity contribution < 1.29 is 18.3 Å². The lowest BCUT2D eigenvalue weighted by Crippen LogP contribution is -2.30. The van der Waals surface area contributed by atoms with Gasteiger partial charge < -0.3 is 15.4 Å².